The van der Waals surface area contributed by atoms with E-state index in [4.69, 9.17) is 14.2 Å². The summed E-state index contributed by atoms with van der Waals surface area (Å²) in [4.78, 5) is 45.5. The highest BCUT2D eigenvalue weighted by Crippen LogP contribution is 2.35. The van der Waals surface area contributed by atoms with E-state index in [2.05, 4.69) is 10.2 Å². The minimum Gasteiger partial charge on any atom is -0.463 e. The average molecular weight is 549 g/mol. The second kappa shape index (κ2) is 11.6. The molecule has 0 unspecified atom stereocenters. The fourth-order valence-corrected chi connectivity index (χ4v) is 5.49. The molecule has 3 heterocycles. The summed E-state index contributed by atoms with van der Waals surface area (Å²) < 4.78 is 16.3. The summed E-state index contributed by atoms with van der Waals surface area (Å²) in [6, 6.07) is 10.4. The summed E-state index contributed by atoms with van der Waals surface area (Å²) in [5.41, 5.74) is 4.56. The van der Waals surface area contributed by atoms with E-state index in [-0.39, 0.29) is 25.3 Å². The molecule has 0 aromatic heterocycles. The summed E-state index contributed by atoms with van der Waals surface area (Å²) in [6.45, 7) is 11.1. The lowest BCUT2D eigenvalue weighted by atomic mass is 9.90. The Morgan fingerprint density at radius 1 is 1.00 bits per heavy atom. The summed E-state index contributed by atoms with van der Waals surface area (Å²) in [5, 5.41) is 3.05. The first-order valence-electron chi connectivity index (χ1n) is 13.8. The molecule has 3 aliphatic heterocycles. The molecule has 5 rings (SSSR count). The number of nitrogens with zero attached hydrogens (tertiary/aromatic N) is 3. The van der Waals surface area contributed by atoms with Crippen molar-refractivity contribution in [3.63, 3.8) is 0 Å². The molecule has 40 heavy (non-hydrogen) atoms. The highest BCUT2D eigenvalue weighted by molar-refractivity contribution is 5.96. The van der Waals surface area contributed by atoms with Crippen LogP contribution >= 0.6 is 0 Å². The van der Waals surface area contributed by atoms with Crippen molar-refractivity contribution in [2.75, 3.05) is 52.7 Å². The van der Waals surface area contributed by atoms with Crippen LogP contribution in [0.3, 0.4) is 0 Å². The Bertz CT molecular complexity index is 1350. The molecule has 0 aliphatic carbocycles. The number of carbonyl (C=O) groups excluding carboxylic acids is 3. The maximum atomic E-state index is 13.4. The molecule has 0 spiro atoms. The molecular formula is C30H36N4O6. The van der Waals surface area contributed by atoms with Crippen LogP contribution in [0.2, 0.25) is 0 Å². The van der Waals surface area contributed by atoms with Gasteiger partial charge in [0.05, 0.1) is 18.2 Å². The monoisotopic (exact) mass is 548 g/mol. The first-order chi connectivity index (χ1) is 19.3. The minimum absolute atomic E-state index is 0.0633. The first-order valence-corrected chi connectivity index (χ1v) is 13.8. The van der Waals surface area contributed by atoms with Crippen LogP contribution < -0.4 is 14.8 Å². The quantitative estimate of drug-likeness (QED) is 0.530. The second-order valence-corrected chi connectivity index (χ2v) is 10.2. The Morgan fingerprint density at radius 2 is 1.75 bits per heavy atom. The number of ether oxygens (including phenoxy) is 3. The van der Waals surface area contributed by atoms with E-state index < -0.39 is 12.0 Å². The van der Waals surface area contributed by atoms with Crippen molar-refractivity contribution in [2.24, 2.45) is 0 Å². The number of carbonyl (C=O) groups is 3. The lowest BCUT2D eigenvalue weighted by Gasteiger charge is -2.40. The average Bonchev–Trinajstić information content (AvgIpc) is 3.42. The van der Waals surface area contributed by atoms with Crippen LogP contribution in [0, 0.1) is 13.8 Å². The van der Waals surface area contributed by atoms with Crippen molar-refractivity contribution >= 4 is 17.9 Å². The van der Waals surface area contributed by atoms with Crippen LogP contribution in [-0.2, 0) is 9.53 Å². The van der Waals surface area contributed by atoms with Crippen LogP contribution in [0.15, 0.2) is 47.7 Å². The SMILES string of the molecule is CCOC(=O)C1=C(CN2CCN(C(=O)c3ccc4c(c3)OCO4)CC2)N(CC)C(=O)N[C@@H]1c1cc(C)ccc1C. The van der Waals surface area contributed by atoms with Gasteiger partial charge in [-0.05, 0) is 57.0 Å². The third-order valence-corrected chi connectivity index (χ3v) is 7.65. The zero-order valence-electron chi connectivity index (χ0n) is 23.5. The van der Waals surface area contributed by atoms with Gasteiger partial charge in [0.1, 0.15) is 0 Å². The van der Waals surface area contributed by atoms with Gasteiger partial charge >= 0.3 is 12.0 Å². The molecule has 1 atom stereocenters. The fourth-order valence-electron chi connectivity index (χ4n) is 5.49. The van der Waals surface area contributed by atoms with Gasteiger partial charge in [-0.25, -0.2) is 9.59 Å². The molecule has 2 aromatic carbocycles. The maximum absolute atomic E-state index is 13.4. The second-order valence-electron chi connectivity index (χ2n) is 10.2. The third-order valence-electron chi connectivity index (χ3n) is 7.65. The van der Waals surface area contributed by atoms with Crippen molar-refractivity contribution in [3.8, 4) is 11.5 Å². The molecule has 3 amide bonds. The number of rotatable bonds is 7. The number of fused-ring (bicyclic) bond motifs is 1. The molecule has 1 saturated heterocycles. The Hall–Kier alpha value is -4.05. The standard InChI is InChI=1S/C30H36N4O6/c1-5-34-23(26(29(36)38-6-2)27(31-30(34)37)22-15-19(3)7-8-20(22)4)17-32-11-13-33(14-12-32)28(35)21-9-10-24-25(16-21)40-18-39-24/h7-10,15-16,27H,5-6,11-14,17-18H2,1-4H3,(H,31,37)/t27-/m1/s1. The van der Waals surface area contributed by atoms with E-state index in [1.165, 1.54) is 0 Å². The number of likely N-dealkylation sites (N-methyl/N-ethyl adjacent to an activating group) is 1. The fraction of sp³-hybridized carbons (Fsp3) is 0.433. The van der Waals surface area contributed by atoms with Crippen LogP contribution in [0.1, 0.15) is 46.9 Å². The highest BCUT2D eigenvalue weighted by Gasteiger charge is 2.39. The van der Waals surface area contributed by atoms with Gasteiger partial charge < -0.3 is 24.4 Å². The number of hydrogen-bond acceptors (Lipinski definition) is 7. The highest BCUT2D eigenvalue weighted by atomic mass is 16.7. The van der Waals surface area contributed by atoms with E-state index in [0.29, 0.717) is 67.6 Å². The first kappa shape index (κ1) is 27.5. The Kier molecular flexibility index (Phi) is 7.97. The number of aryl methyl sites for hydroxylation is 2. The molecule has 2 aromatic rings. The van der Waals surface area contributed by atoms with Crippen molar-refractivity contribution in [3.05, 3.63) is 69.9 Å². The van der Waals surface area contributed by atoms with Gasteiger partial charge in [-0.1, -0.05) is 23.8 Å². The zero-order chi connectivity index (χ0) is 28.4. The van der Waals surface area contributed by atoms with Crippen molar-refractivity contribution in [1.82, 2.24) is 20.0 Å². The summed E-state index contributed by atoms with van der Waals surface area (Å²) >= 11 is 0. The Labute approximate surface area is 234 Å². The third kappa shape index (κ3) is 5.36. The lowest BCUT2D eigenvalue weighted by molar-refractivity contribution is -0.139. The van der Waals surface area contributed by atoms with E-state index in [9.17, 15) is 14.4 Å². The topological polar surface area (TPSA) is 101 Å². The van der Waals surface area contributed by atoms with E-state index in [1.807, 2.05) is 43.9 Å². The van der Waals surface area contributed by atoms with E-state index in [0.717, 1.165) is 16.7 Å². The van der Waals surface area contributed by atoms with Crippen molar-refractivity contribution in [2.45, 2.75) is 33.7 Å². The van der Waals surface area contributed by atoms with Gasteiger partial charge in [0, 0.05) is 50.5 Å². The molecule has 212 valence electrons. The number of nitrogens with one attached hydrogen (secondary N) is 1. The summed E-state index contributed by atoms with van der Waals surface area (Å²) in [5.74, 6) is 0.727. The van der Waals surface area contributed by atoms with Crippen molar-refractivity contribution in [1.29, 1.82) is 0 Å². The molecule has 3 aliphatic rings. The molecule has 0 saturated carbocycles. The van der Waals surface area contributed by atoms with Gasteiger partial charge in [-0.2, -0.15) is 0 Å². The number of esters is 1. The van der Waals surface area contributed by atoms with Gasteiger partial charge in [0.2, 0.25) is 6.79 Å². The van der Waals surface area contributed by atoms with E-state index in [1.54, 1.807) is 30.0 Å². The minimum atomic E-state index is -0.613. The number of hydrogen-bond donors (Lipinski definition) is 1. The number of piperazine rings is 1. The largest absolute Gasteiger partial charge is 0.463 e. The summed E-state index contributed by atoms with van der Waals surface area (Å²) in [7, 11) is 0. The van der Waals surface area contributed by atoms with Crippen molar-refractivity contribution < 1.29 is 28.6 Å². The predicted octanol–water partition coefficient (Wildman–Crippen LogP) is 3.39. The number of amides is 3. The number of urea groups is 1. The maximum Gasteiger partial charge on any atom is 0.338 e. The van der Waals surface area contributed by atoms with Crippen LogP contribution in [0.25, 0.3) is 0 Å². The van der Waals surface area contributed by atoms with E-state index >= 15 is 0 Å². The van der Waals surface area contributed by atoms with Gasteiger partial charge in [-0.3, -0.25) is 14.6 Å². The predicted molar refractivity (Wildman–Crippen MR) is 148 cm³/mol. The lowest BCUT2D eigenvalue weighted by Crippen LogP contribution is -2.53. The molecule has 0 bridgehead atoms. The Balaban J connectivity index is 1.39. The molecule has 0 radical (unpaired) electrons. The smallest absolute Gasteiger partial charge is 0.338 e. The molecule has 10 nitrogen and oxygen atoms in total. The normalized spacial score (nSPS) is 19.1. The molecule has 10 heteroatoms. The van der Waals surface area contributed by atoms with Gasteiger partial charge in [0.15, 0.2) is 11.5 Å². The molecule has 1 N–H and O–H groups in total. The van der Waals surface area contributed by atoms with Crippen LogP contribution in [0.4, 0.5) is 4.79 Å². The van der Waals surface area contributed by atoms with Crippen LogP contribution in [-0.4, -0.2) is 85.3 Å². The van der Waals surface area contributed by atoms with Gasteiger partial charge in [0.25, 0.3) is 5.91 Å². The summed E-state index contributed by atoms with van der Waals surface area (Å²) in [6.07, 6.45) is 0. The van der Waals surface area contributed by atoms with Gasteiger partial charge in [-0.15, -0.1) is 0 Å². The number of benzene rings is 2. The Morgan fingerprint density at radius 3 is 2.48 bits per heavy atom. The van der Waals surface area contributed by atoms with Crippen LogP contribution in [0.5, 0.6) is 11.5 Å². The zero-order valence-corrected chi connectivity index (χ0v) is 23.5. The molecule has 1 fully saturated rings. The molecular weight excluding hydrogens is 512 g/mol.